The molecule has 0 saturated heterocycles. The molecule has 2 aliphatic heterocycles. The van der Waals surface area contributed by atoms with E-state index in [1.807, 2.05) is 0 Å². The molecule has 4 atom stereocenters. The van der Waals surface area contributed by atoms with E-state index in [1.54, 1.807) is 0 Å². The third-order valence-electron chi connectivity index (χ3n) is 14.5. The molecule has 5 aromatic rings. The fraction of sp³-hybridized carbons (Fsp3) is 0.179. The Labute approximate surface area is 346 Å². The molecule has 2 saturated carbocycles. The minimum absolute atomic E-state index is 0.190. The maximum absolute atomic E-state index is 5.80. The van der Waals surface area contributed by atoms with Crippen molar-refractivity contribution in [3.63, 3.8) is 0 Å². The van der Waals surface area contributed by atoms with Crippen molar-refractivity contribution in [2.24, 2.45) is 22.2 Å². The summed E-state index contributed by atoms with van der Waals surface area (Å²) in [6.45, 7) is 0. The number of imidazole rings is 1. The number of nitrogens with zero attached hydrogens (tertiary/aromatic N) is 3. The van der Waals surface area contributed by atoms with Crippen molar-refractivity contribution in [3.8, 4) is 11.3 Å². The van der Waals surface area contributed by atoms with Gasteiger partial charge in [0.2, 0.25) is 0 Å². The highest BCUT2D eigenvalue weighted by molar-refractivity contribution is 6.14. The first kappa shape index (κ1) is 33.4. The van der Waals surface area contributed by atoms with Crippen LogP contribution < -0.4 is 0 Å². The van der Waals surface area contributed by atoms with Crippen molar-refractivity contribution in [1.29, 1.82) is 0 Å². The molecule has 0 N–H and O–H groups in total. The summed E-state index contributed by atoms with van der Waals surface area (Å²) in [5.41, 5.74) is 18.9. The maximum atomic E-state index is 5.80. The van der Waals surface area contributed by atoms with Gasteiger partial charge in [0, 0.05) is 28.5 Å². The Kier molecular flexibility index (Phi) is 7.05. The van der Waals surface area contributed by atoms with Crippen molar-refractivity contribution in [2.75, 3.05) is 0 Å². The van der Waals surface area contributed by atoms with Crippen molar-refractivity contribution in [3.05, 3.63) is 238 Å². The minimum Gasteiger partial charge on any atom is -0.320 e. The lowest BCUT2D eigenvalue weighted by Crippen LogP contribution is -2.31. The number of benzene rings is 4. The van der Waals surface area contributed by atoms with E-state index in [-0.39, 0.29) is 5.41 Å². The lowest BCUT2D eigenvalue weighted by atomic mass is 9.64. The third-order valence-corrected chi connectivity index (χ3v) is 14.5. The van der Waals surface area contributed by atoms with Gasteiger partial charge in [0.15, 0.2) is 0 Å². The van der Waals surface area contributed by atoms with Gasteiger partial charge in [-0.25, -0.2) is 4.98 Å². The molecule has 0 spiro atoms. The largest absolute Gasteiger partial charge is 0.320 e. The highest BCUT2D eigenvalue weighted by Gasteiger charge is 2.58. The fourth-order valence-electron chi connectivity index (χ4n) is 11.5. The number of hydrogen-bond donors (Lipinski definition) is 0. The van der Waals surface area contributed by atoms with Crippen LogP contribution in [0.3, 0.4) is 0 Å². The molecule has 0 amide bonds. The fourth-order valence-corrected chi connectivity index (χ4v) is 11.5. The van der Waals surface area contributed by atoms with Crippen LogP contribution >= 0.6 is 0 Å². The molecule has 3 heterocycles. The van der Waals surface area contributed by atoms with Gasteiger partial charge in [0.05, 0.1) is 28.2 Å². The van der Waals surface area contributed by atoms with Crippen LogP contribution in [0.25, 0.3) is 22.9 Å². The molecule has 4 unspecified atom stereocenters. The van der Waals surface area contributed by atoms with Crippen molar-refractivity contribution < 1.29 is 0 Å². The zero-order chi connectivity index (χ0) is 38.7. The average Bonchev–Trinajstić information content (AvgIpc) is 4.20. The van der Waals surface area contributed by atoms with Crippen LogP contribution in [0.5, 0.6) is 0 Å². The first-order valence-corrected chi connectivity index (χ1v) is 21.5. The Hall–Kier alpha value is -6.58. The lowest BCUT2D eigenvalue weighted by Gasteiger charge is -2.37. The number of para-hydroxylation sites is 1. The summed E-state index contributed by atoms with van der Waals surface area (Å²) in [5.74, 6) is 2.04. The topological polar surface area (TPSA) is 30.2 Å². The molecule has 282 valence electrons. The van der Waals surface area contributed by atoms with Gasteiger partial charge in [-0.15, -0.1) is 0 Å². The van der Waals surface area contributed by atoms with Gasteiger partial charge in [-0.1, -0.05) is 164 Å². The summed E-state index contributed by atoms with van der Waals surface area (Å²) in [5, 5.41) is 0. The second kappa shape index (κ2) is 12.5. The van der Waals surface area contributed by atoms with Crippen molar-refractivity contribution >= 4 is 23.0 Å². The number of fused-ring (bicyclic) bond motifs is 7. The Bertz CT molecular complexity index is 2910. The van der Waals surface area contributed by atoms with Crippen molar-refractivity contribution in [1.82, 2.24) is 9.55 Å². The Morgan fingerprint density at radius 1 is 0.746 bits per heavy atom. The van der Waals surface area contributed by atoms with E-state index in [0.717, 1.165) is 42.9 Å². The molecule has 0 radical (unpaired) electrons. The molecule has 0 bridgehead atoms. The summed E-state index contributed by atoms with van der Waals surface area (Å²) in [6, 6.07) is 42.7. The van der Waals surface area contributed by atoms with Crippen LogP contribution in [0.1, 0.15) is 59.9 Å². The summed E-state index contributed by atoms with van der Waals surface area (Å²) in [6.07, 6.45) is 31.4. The monoisotopic (exact) mass is 757 g/mol. The van der Waals surface area contributed by atoms with Crippen molar-refractivity contribution in [2.45, 2.75) is 43.6 Å². The second-order valence-corrected chi connectivity index (χ2v) is 17.6. The van der Waals surface area contributed by atoms with E-state index in [2.05, 4.69) is 187 Å². The van der Waals surface area contributed by atoms with Gasteiger partial charge in [0.25, 0.3) is 0 Å². The number of hydrogen-bond acceptors (Lipinski definition) is 2. The van der Waals surface area contributed by atoms with Crippen LogP contribution in [-0.4, -0.2) is 15.3 Å². The van der Waals surface area contributed by atoms with Crippen LogP contribution in [-0.2, 0) is 11.8 Å². The average molecular weight is 758 g/mol. The highest BCUT2D eigenvalue weighted by atomic mass is 15.2. The van der Waals surface area contributed by atoms with Crippen LogP contribution in [0.4, 0.5) is 5.69 Å². The quantitative estimate of drug-likeness (QED) is 0.176. The molecule has 13 rings (SSSR count). The lowest BCUT2D eigenvalue weighted by molar-refractivity contribution is 0.681. The SMILES string of the molecule is C1=CCC2=C(C=C1)C1=C(C=C3C(=CC1)Cc1ccccc1N=C3C13C=CC(c4c(-c5ccccc5)nc5n4C4CC4C=C5)=CC1C3)C2(c1ccccc1)c1ccccc1. The summed E-state index contributed by atoms with van der Waals surface area (Å²) < 4.78 is 2.55. The molecular formula is C56H43N3. The zero-order valence-corrected chi connectivity index (χ0v) is 32.9. The van der Waals surface area contributed by atoms with Gasteiger partial charge in [0.1, 0.15) is 5.82 Å². The molecule has 3 nitrogen and oxygen atoms in total. The van der Waals surface area contributed by atoms with E-state index in [4.69, 9.17) is 9.98 Å². The van der Waals surface area contributed by atoms with E-state index in [0.29, 0.717) is 17.9 Å². The van der Waals surface area contributed by atoms with E-state index < -0.39 is 5.41 Å². The highest BCUT2D eigenvalue weighted by Crippen LogP contribution is 2.64. The van der Waals surface area contributed by atoms with E-state index >= 15 is 0 Å². The Balaban J connectivity index is 0.999. The van der Waals surface area contributed by atoms with Crippen LogP contribution in [0.2, 0.25) is 0 Å². The summed E-state index contributed by atoms with van der Waals surface area (Å²) in [4.78, 5) is 11.1. The first-order chi connectivity index (χ1) is 29.2. The molecule has 4 aromatic carbocycles. The Morgan fingerprint density at radius 3 is 2.31 bits per heavy atom. The van der Waals surface area contributed by atoms with Gasteiger partial charge < -0.3 is 4.57 Å². The molecule has 6 aliphatic carbocycles. The minimum atomic E-state index is -0.438. The predicted molar refractivity (Wildman–Crippen MR) is 240 cm³/mol. The number of allylic oxidation sites excluding steroid dienone is 17. The Morgan fingerprint density at radius 2 is 1.51 bits per heavy atom. The molecule has 59 heavy (non-hydrogen) atoms. The van der Waals surface area contributed by atoms with Gasteiger partial charge in [-0.2, -0.15) is 0 Å². The molecule has 3 heteroatoms. The number of rotatable bonds is 5. The number of aromatic nitrogens is 2. The molecule has 2 fully saturated rings. The van der Waals surface area contributed by atoms with Gasteiger partial charge in [-0.3, -0.25) is 4.99 Å². The predicted octanol–water partition coefficient (Wildman–Crippen LogP) is 12.8. The zero-order valence-electron chi connectivity index (χ0n) is 32.9. The molecule has 8 aliphatic rings. The van der Waals surface area contributed by atoms with Crippen LogP contribution in [0.15, 0.2) is 214 Å². The summed E-state index contributed by atoms with van der Waals surface area (Å²) in [7, 11) is 0. The maximum Gasteiger partial charge on any atom is 0.133 e. The van der Waals surface area contributed by atoms with E-state index in [1.165, 1.54) is 79.1 Å². The standard InChI is InChI=1S/C56H43N3/c1-5-15-36(16-6-1)52-53(59-50-33-39(50)26-28-51(59)58-52)40-29-30-55(35-43(55)32-40)54-46-34-48-45(27-25-37(46)31-38-17-13-14-24-49(38)57-54)44-22-11-4-12-23-47(44)56(48,41-18-7-2-8-19-41)42-20-9-3-10-21-42/h1-22,24-26,28-30,32,34,39,43,50H,23,27,31,33,35H2. The van der Waals surface area contributed by atoms with E-state index in [9.17, 15) is 0 Å². The summed E-state index contributed by atoms with van der Waals surface area (Å²) >= 11 is 0. The number of aliphatic imine (C=N–C) groups is 1. The smallest absolute Gasteiger partial charge is 0.133 e. The first-order valence-electron chi connectivity index (χ1n) is 21.5. The van der Waals surface area contributed by atoms with Crippen LogP contribution in [0, 0.1) is 17.3 Å². The van der Waals surface area contributed by atoms with Gasteiger partial charge >= 0.3 is 0 Å². The second-order valence-electron chi connectivity index (χ2n) is 17.6. The molecule has 1 aromatic heterocycles. The normalized spacial score (nSPS) is 26.0. The molecular weight excluding hydrogens is 715 g/mol. The van der Waals surface area contributed by atoms with Gasteiger partial charge in [-0.05, 0) is 106 Å². The third kappa shape index (κ3) is 4.82.